The minimum absolute atomic E-state index is 0.0117. The summed E-state index contributed by atoms with van der Waals surface area (Å²) < 4.78 is 38.1. The Morgan fingerprint density at radius 2 is 1.84 bits per heavy atom. The van der Waals surface area contributed by atoms with Crippen LogP contribution >= 0.6 is 0 Å². The number of amides is 1. The second-order valence-corrected chi connectivity index (χ2v) is 9.03. The molecular weight excluding hydrogens is 342 g/mol. The lowest BCUT2D eigenvalue weighted by atomic mass is 10.1. The van der Waals surface area contributed by atoms with Gasteiger partial charge in [-0.05, 0) is 37.3 Å². The number of nitrogens with one attached hydrogen (secondary N) is 1. The molecule has 0 bridgehead atoms. The Bertz CT molecular complexity index is 837. The molecule has 136 valence electrons. The molecule has 2 atom stereocenters. The number of hydrogen-bond donors (Lipinski definition) is 1. The van der Waals surface area contributed by atoms with E-state index in [4.69, 9.17) is 9.47 Å². The van der Waals surface area contributed by atoms with Crippen LogP contribution in [-0.4, -0.2) is 27.5 Å². The van der Waals surface area contributed by atoms with Crippen LogP contribution in [0.15, 0.2) is 34.7 Å². The van der Waals surface area contributed by atoms with Crippen LogP contribution in [0.25, 0.3) is 0 Å². The molecule has 0 unspecified atom stereocenters. The highest BCUT2D eigenvalue weighted by Gasteiger charge is 2.60. The van der Waals surface area contributed by atoms with Gasteiger partial charge in [-0.2, -0.15) is 0 Å². The zero-order chi connectivity index (χ0) is 18.4. The van der Waals surface area contributed by atoms with E-state index in [1.165, 1.54) is 12.1 Å². The Hall–Kier alpha value is -2.02. The van der Waals surface area contributed by atoms with Crippen LogP contribution in [0, 0.1) is 17.3 Å². The van der Waals surface area contributed by atoms with E-state index in [-0.39, 0.29) is 22.1 Å². The fourth-order valence-corrected chi connectivity index (χ4v) is 4.31. The van der Waals surface area contributed by atoms with E-state index < -0.39 is 15.9 Å². The van der Waals surface area contributed by atoms with Crippen LogP contribution in [0.1, 0.15) is 27.7 Å². The maximum atomic E-state index is 12.6. The molecule has 0 saturated heterocycles. The molecule has 1 saturated carbocycles. The van der Waals surface area contributed by atoms with Crippen molar-refractivity contribution in [2.45, 2.75) is 32.6 Å². The number of benzene rings is 1. The Labute approximate surface area is 148 Å². The van der Waals surface area contributed by atoms with E-state index in [9.17, 15) is 13.2 Å². The fourth-order valence-electron chi connectivity index (χ4n) is 3.29. The van der Waals surface area contributed by atoms with Crippen molar-refractivity contribution in [1.82, 2.24) is 4.72 Å². The second kappa shape index (κ2) is 6.05. The number of ether oxygens (including phenoxy) is 2. The molecular formula is C18H23NO5S. The van der Waals surface area contributed by atoms with E-state index in [2.05, 4.69) is 4.72 Å². The minimum atomic E-state index is -3.96. The Morgan fingerprint density at radius 3 is 2.48 bits per heavy atom. The van der Waals surface area contributed by atoms with Gasteiger partial charge >= 0.3 is 0 Å². The number of fused-ring (bicyclic) bond motifs is 1. The summed E-state index contributed by atoms with van der Waals surface area (Å²) in [6.07, 6.45) is 2.03. The number of hydrogen-bond acceptors (Lipinski definition) is 5. The Morgan fingerprint density at radius 1 is 1.20 bits per heavy atom. The average Bonchev–Trinajstić information content (AvgIpc) is 3.06. The smallest absolute Gasteiger partial charge is 0.264 e. The second-order valence-electron chi connectivity index (χ2n) is 7.34. The van der Waals surface area contributed by atoms with Gasteiger partial charge in [0, 0.05) is 6.07 Å². The van der Waals surface area contributed by atoms with Crippen molar-refractivity contribution in [1.29, 1.82) is 0 Å². The van der Waals surface area contributed by atoms with Gasteiger partial charge in [0.1, 0.15) is 13.2 Å². The van der Waals surface area contributed by atoms with Crippen molar-refractivity contribution in [2.75, 3.05) is 13.2 Å². The molecule has 1 aliphatic carbocycles. The molecule has 3 rings (SSSR count). The van der Waals surface area contributed by atoms with Gasteiger partial charge in [0.15, 0.2) is 11.5 Å². The molecule has 1 heterocycles. The first-order chi connectivity index (χ1) is 11.6. The zero-order valence-electron chi connectivity index (χ0n) is 14.8. The molecule has 1 N–H and O–H groups in total. The van der Waals surface area contributed by atoms with Crippen molar-refractivity contribution < 1.29 is 22.7 Å². The maximum absolute atomic E-state index is 12.6. The average molecular weight is 365 g/mol. The summed E-state index contributed by atoms with van der Waals surface area (Å²) in [5, 5.41) is 0. The molecule has 1 fully saturated rings. The first-order valence-electron chi connectivity index (χ1n) is 8.24. The number of rotatable bonds is 4. The van der Waals surface area contributed by atoms with Gasteiger partial charge in [-0.25, -0.2) is 13.1 Å². The lowest BCUT2D eigenvalue weighted by Crippen LogP contribution is -2.33. The van der Waals surface area contributed by atoms with Gasteiger partial charge in [0.05, 0.1) is 10.8 Å². The van der Waals surface area contributed by atoms with Crippen LogP contribution in [0.3, 0.4) is 0 Å². The molecule has 1 aliphatic heterocycles. The van der Waals surface area contributed by atoms with E-state index >= 15 is 0 Å². The molecule has 2 aliphatic rings. The van der Waals surface area contributed by atoms with Crippen LogP contribution in [0.4, 0.5) is 0 Å². The summed E-state index contributed by atoms with van der Waals surface area (Å²) in [4.78, 5) is 12.5. The van der Waals surface area contributed by atoms with Gasteiger partial charge in [-0.1, -0.05) is 25.5 Å². The number of carbonyl (C=O) groups is 1. The van der Waals surface area contributed by atoms with Crippen molar-refractivity contribution >= 4 is 15.9 Å². The molecule has 25 heavy (non-hydrogen) atoms. The van der Waals surface area contributed by atoms with E-state index in [0.29, 0.717) is 24.7 Å². The topological polar surface area (TPSA) is 81.7 Å². The lowest BCUT2D eigenvalue weighted by Gasteiger charge is -2.19. The summed E-state index contributed by atoms with van der Waals surface area (Å²) in [7, 11) is -3.96. The zero-order valence-corrected chi connectivity index (χ0v) is 15.6. The van der Waals surface area contributed by atoms with E-state index in [1.54, 1.807) is 6.07 Å². The van der Waals surface area contributed by atoms with Crippen LogP contribution in [0.2, 0.25) is 0 Å². The van der Waals surface area contributed by atoms with Crippen molar-refractivity contribution in [3.8, 4) is 11.5 Å². The number of allylic oxidation sites excluding steroid dienone is 2. The van der Waals surface area contributed by atoms with Crippen molar-refractivity contribution in [3.63, 3.8) is 0 Å². The van der Waals surface area contributed by atoms with Gasteiger partial charge in [0.2, 0.25) is 5.91 Å². The molecule has 0 spiro atoms. The molecule has 1 amide bonds. The summed E-state index contributed by atoms with van der Waals surface area (Å²) >= 11 is 0. The van der Waals surface area contributed by atoms with Crippen LogP contribution < -0.4 is 14.2 Å². The molecule has 0 radical (unpaired) electrons. The fraction of sp³-hybridized carbons (Fsp3) is 0.500. The molecule has 1 aromatic rings. The quantitative estimate of drug-likeness (QED) is 0.829. The first kappa shape index (κ1) is 17.8. The Kier molecular flexibility index (Phi) is 4.31. The van der Waals surface area contributed by atoms with E-state index in [1.807, 2.05) is 33.8 Å². The molecule has 6 nitrogen and oxygen atoms in total. The highest BCUT2D eigenvalue weighted by Crippen LogP contribution is 2.59. The highest BCUT2D eigenvalue weighted by atomic mass is 32.2. The predicted octanol–water partition coefficient (Wildman–Crippen LogP) is 2.50. The maximum Gasteiger partial charge on any atom is 0.264 e. The summed E-state index contributed by atoms with van der Waals surface area (Å²) in [6, 6.07) is 4.34. The van der Waals surface area contributed by atoms with Gasteiger partial charge < -0.3 is 9.47 Å². The standard InChI is InChI=1S/C18H23NO5S/c1-11(2)9-13-16(18(13,3)4)17(20)19-25(21,22)12-5-6-14-15(10-12)24-8-7-23-14/h5-6,9-10,13,16H,7-8H2,1-4H3,(H,19,20)/t13-,16+/m1/s1. The number of carbonyl (C=O) groups excluding carboxylic acids is 1. The first-order valence-corrected chi connectivity index (χ1v) is 9.72. The summed E-state index contributed by atoms with van der Waals surface area (Å²) in [5.41, 5.74) is 0.868. The third kappa shape index (κ3) is 3.38. The Balaban J connectivity index is 1.78. The van der Waals surface area contributed by atoms with Crippen molar-refractivity contribution in [2.24, 2.45) is 17.3 Å². The molecule has 1 aromatic carbocycles. The normalized spacial score (nSPS) is 23.5. The predicted molar refractivity (Wildman–Crippen MR) is 93.0 cm³/mol. The highest BCUT2D eigenvalue weighted by molar-refractivity contribution is 7.90. The van der Waals surface area contributed by atoms with Gasteiger partial charge in [-0.15, -0.1) is 0 Å². The molecule has 7 heteroatoms. The van der Waals surface area contributed by atoms with Crippen LogP contribution in [0.5, 0.6) is 11.5 Å². The van der Waals surface area contributed by atoms with Gasteiger partial charge in [0.25, 0.3) is 10.0 Å². The summed E-state index contributed by atoms with van der Waals surface area (Å²) in [5.74, 6) is 0.101. The third-order valence-electron chi connectivity index (χ3n) is 4.76. The third-order valence-corrected chi connectivity index (χ3v) is 6.11. The monoisotopic (exact) mass is 365 g/mol. The summed E-state index contributed by atoms with van der Waals surface area (Å²) in [6.45, 7) is 8.67. The molecule has 0 aromatic heterocycles. The van der Waals surface area contributed by atoms with Crippen molar-refractivity contribution in [3.05, 3.63) is 29.8 Å². The van der Waals surface area contributed by atoms with E-state index in [0.717, 1.165) is 5.57 Å². The largest absolute Gasteiger partial charge is 0.486 e. The SMILES string of the molecule is CC(C)=C[C@@H]1[C@@H](C(=O)NS(=O)(=O)c2ccc3c(c2)OCCO3)C1(C)C. The number of sulfonamides is 1. The minimum Gasteiger partial charge on any atom is -0.486 e. The van der Waals surface area contributed by atoms with Gasteiger partial charge in [-0.3, -0.25) is 4.79 Å². The van der Waals surface area contributed by atoms with Crippen LogP contribution in [-0.2, 0) is 14.8 Å². The lowest BCUT2D eigenvalue weighted by molar-refractivity contribution is -0.121.